The fraction of sp³-hybridized carbons (Fsp3) is 0.714. The molecule has 0 atom stereocenters. The summed E-state index contributed by atoms with van der Waals surface area (Å²) in [5.74, 6) is 0. The molecule has 0 N–H and O–H groups in total. The first-order valence-corrected chi connectivity index (χ1v) is 5.13. The van der Waals surface area contributed by atoms with Crippen LogP contribution >= 0.6 is 0 Å². The summed E-state index contributed by atoms with van der Waals surface area (Å²) in [4.78, 5) is 0.486. The van der Waals surface area contributed by atoms with Gasteiger partial charge in [0, 0.05) is 0 Å². The molecule has 1 aliphatic rings. The summed E-state index contributed by atoms with van der Waals surface area (Å²) in [6.45, 7) is 4.04. The predicted octanol–water partition coefficient (Wildman–Crippen LogP) is 1.42. The second-order valence-electron chi connectivity index (χ2n) is 2.45. The van der Waals surface area contributed by atoms with E-state index in [-0.39, 0.29) is 6.61 Å². The van der Waals surface area contributed by atoms with Crippen molar-refractivity contribution >= 4 is 10.1 Å². The molecule has 0 saturated carbocycles. The lowest BCUT2D eigenvalue weighted by Gasteiger charge is -1.96. The van der Waals surface area contributed by atoms with E-state index >= 15 is 0 Å². The highest BCUT2D eigenvalue weighted by molar-refractivity contribution is 7.91. The molecule has 0 aromatic rings. The zero-order valence-electron chi connectivity index (χ0n) is 6.75. The standard InChI is InChI=1S/C7H12O3S/c1-3-6-5-10-11(8,9)7(6)4-2/h3-5H2,1-2H3. The van der Waals surface area contributed by atoms with Crippen LogP contribution in [-0.4, -0.2) is 15.0 Å². The topological polar surface area (TPSA) is 43.4 Å². The minimum Gasteiger partial charge on any atom is -0.262 e. The van der Waals surface area contributed by atoms with Crippen molar-refractivity contribution in [2.24, 2.45) is 0 Å². The van der Waals surface area contributed by atoms with Crippen LogP contribution in [0.25, 0.3) is 0 Å². The second-order valence-corrected chi connectivity index (χ2v) is 4.09. The summed E-state index contributed by atoms with van der Waals surface area (Å²) in [7, 11) is -3.32. The summed E-state index contributed by atoms with van der Waals surface area (Å²) in [5.41, 5.74) is 0.924. The molecule has 64 valence electrons. The Hall–Kier alpha value is -0.350. The molecule has 0 radical (unpaired) electrons. The lowest BCUT2D eigenvalue weighted by molar-refractivity contribution is 0.364. The van der Waals surface area contributed by atoms with Gasteiger partial charge < -0.3 is 0 Å². The molecule has 0 fully saturated rings. The maximum Gasteiger partial charge on any atom is 0.293 e. The molecular weight excluding hydrogens is 164 g/mol. The molecule has 0 aliphatic carbocycles. The number of hydrogen-bond donors (Lipinski definition) is 0. The van der Waals surface area contributed by atoms with E-state index in [2.05, 4.69) is 4.18 Å². The highest BCUT2D eigenvalue weighted by atomic mass is 32.2. The third-order valence-electron chi connectivity index (χ3n) is 1.83. The largest absolute Gasteiger partial charge is 0.293 e. The molecule has 0 saturated heterocycles. The first-order valence-electron chi connectivity index (χ1n) is 3.72. The van der Waals surface area contributed by atoms with Crippen molar-refractivity contribution in [3.8, 4) is 0 Å². The molecule has 0 unspecified atom stereocenters. The Kier molecular flexibility index (Phi) is 2.34. The van der Waals surface area contributed by atoms with E-state index in [1.54, 1.807) is 0 Å². The highest BCUT2D eigenvalue weighted by Crippen LogP contribution is 2.27. The minimum absolute atomic E-state index is 0.266. The van der Waals surface area contributed by atoms with Gasteiger partial charge in [-0.25, -0.2) is 0 Å². The molecule has 1 heterocycles. The van der Waals surface area contributed by atoms with Gasteiger partial charge in [0.05, 0.1) is 11.5 Å². The Bertz CT molecular complexity index is 274. The van der Waals surface area contributed by atoms with E-state index in [9.17, 15) is 8.42 Å². The van der Waals surface area contributed by atoms with Crippen LogP contribution in [0.4, 0.5) is 0 Å². The zero-order valence-corrected chi connectivity index (χ0v) is 7.57. The first-order chi connectivity index (χ1) is 5.11. The normalized spacial score (nSPS) is 22.7. The monoisotopic (exact) mass is 176 g/mol. The van der Waals surface area contributed by atoms with E-state index in [0.29, 0.717) is 11.3 Å². The van der Waals surface area contributed by atoms with Gasteiger partial charge >= 0.3 is 0 Å². The van der Waals surface area contributed by atoms with Gasteiger partial charge in [-0.05, 0) is 18.4 Å². The van der Waals surface area contributed by atoms with Crippen molar-refractivity contribution in [1.82, 2.24) is 0 Å². The Labute approximate surface area is 67.2 Å². The number of hydrogen-bond acceptors (Lipinski definition) is 3. The molecular formula is C7H12O3S. The van der Waals surface area contributed by atoms with Crippen molar-refractivity contribution in [1.29, 1.82) is 0 Å². The average Bonchev–Trinajstić information content (AvgIpc) is 2.24. The van der Waals surface area contributed by atoms with Crippen LogP contribution in [0.5, 0.6) is 0 Å². The van der Waals surface area contributed by atoms with Crippen LogP contribution in [0.2, 0.25) is 0 Å². The Morgan fingerprint density at radius 2 is 2.00 bits per heavy atom. The quantitative estimate of drug-likeness (QED) is 0.598. The van der Waals surface area contributed by atoms with Crippen molar-refractivity contribution in [3.63, 3.8) is 0 Å². The first kappa shape index (κ1) is 8.74. The van der Waals surface area contributed by atoms with Gasteiger partial charge in [-0.3, -0.25) is 4.18 Å². The predicted molar refractivity (Wildman–Crippen MR) is 42.5 cm³/mol. The van der Waals surface area contributed by atoms with Gasteiger partial charge in [0.2, 0.25) is 0 Å². The smallest absolute Gasteiger partial charge is 0.262 e. The maximum absolute atomic E-state index is 11.1. The molecule has 3 nitrogen and oxygen atoms in total. The van der Waals surface area contributed by atoms with E-state index in [1.165, 1.54) is 0 Å². The SMILES string of the molecule is CCC1=C(CC)S(=O)(=O)OC1. The minimum atomic E-state index is -3.32. The van der Waals surface area contributed by atoms with Gasteiger partial charge in [-0.1, -0.05) is 13.8 Å². The van der Waals surface area contributed by atoms with Crippen LogP contribution < -0.4 is 0 Å². The van der Waals surface area contributed by atoms with Crippen molar-refractivity contribution in [3.05, 3.63) is 10.5 Å². The Balaban J connectivity index is 3.08. The number of rotatable bonds is 2. The van der Waals surface area contributed by atoms with Crippen LogP contribution in [0, 0.1) is 0 Å². The fourth-order valence-corrected chi connectivity index (χ4v) is 2.55. The molecule has 1 rings (SSSR count). The number of allylic oxidation sites excluding steroid dienone is 1. The van der Waals surface area contributed by atoms with E-state index in [4.69, 9.17) is 0 Å². The van der Waals surface area contributed by atoms with Crippen LogP contribution in [-0.2, 0) is 14.3 Å². The molecule has 0 aromatic heterocycles. The summed E-state index contributed by atoms with van der Waals surface area (Å²) < 4.78 is 26.8. The summed E-state index contributed by atoms with van der Waals surface area (Å²) in [5, 5.41) is 0. The molecule has 11 heavy (non-hydrogen) atoms. The molecule has 0 aromatic carbocycles. The van der Waals surface area contributed by atoms with Crippen molar-refractivity contribution in [2.75, 3.05) is 6.61 Å². The lowest BCUT2D eigenvalue weighted by atomic mass is 10.2. The molecule has 0 bridgehead atoms. The van der Waals surface area contributed by atoms with Crippen molar-refractivity contribution in [2.45, 2.75) is 26.7 Å². The molecule has 4 heteroatoms. The van der Waals surface area contributed by atoms with Crippen LogP contribution in [0.1, 0.15) is 26.7 Å². The Morgan fingerprint density at radius 1 is 1.36 bits per heavy atom. The Morgan fingerprint density at radius 3 is 2.36 bits per heavy atom. The van der Waals surface area contributed by atoms with E-state index < -0.39 is 10.1 Å². The zero-order chi connectivity index (χ0) is 8.48. The highest BCUT2D eigenvalue weighted by Gasteiger charge is 2.27. The molecule has 1 aliphatic heterocycles. The lowest BCUT2D eigenvalue weighted by Crippen LogP contribution is -1.99. The van der Waals surface area contributed by atoms with Gasteiger partial charge in [0.25, 0.3) is 10.1 Å². The second kappa shape index (κ2) is 2.95. The average molecular weight is 176 g/mol. The van der Waals surface area contributed by atoms with Crippen LogP contribution in [0.3, 0.4) is 0 Å². The third-order valence-corrected chi connectivity index (χ3v) is 3.44. The van der Waals surface area contributed by atoms with Gasteiger partial charge in [0.15, 0.2) is 0 Å². The molecule has 0 spiro atoms. The van der Waals surface area contributed by atoms with Gasteiger partial charge in [0.1, 0.15) is 0 Å². The van der Waals surface area contributed by atoms with E-state index in [0.717, 1.165) is 12.0 Å². The van der Waals surface area contributed by atoms with Crippen molar-refractivity contribution < 1.29 is 12.6 Å². The maximum atomic E-state index is 11.1. The van der Waals surface area contributed by atoms with E-state index in [1.807, 2.05) is 13.8 Å². The fourth-order valence-electron chi connectivity index (χ4n) is 1.20. The third kappa shape index (κ3) is 1.46. The summed E-state index contributed by atoms with van der Waals surface area (Å²) in [6, 6.07) is 0. The van der Waals surface area contributed by atoms with Gasteiger partial charge in [-0.2, -0.15) is 8.42 Å². The summed E-state index contributed by atoms with van der Waals surface area (Å²) in [6.07, 6.45) is 1.31. The molecule has 0 amide bonds. The van der Waals surface area contributed by atoms with Crippen LogP contribution in [0.15, 0.2) is 10.5 Å². The van der Waals surface area contributed by atoms with Gasteiger partial charge in [-0.15, -0.1) is 0 Å². The summed E-state index contributed by atoms with van der Waals surface area (Å²) >= 11 is 0.